The molecule has 0 saturated carbocycles. The van der Waals surface area contributed by atoms with Gasteiger partial charge in [0.1, 0.15) is 5.75 Å². The smallest absolute Gasteiger partial charge is 0.229 e. The number of nitrogens with zero attached hydrogens (tertiary/aromatic N) is 1. The Balaban J connectivity index is 1.74. The van der Waals surface area contributed by atoms with E-state index in [-0.39, 0.29) is 18.2 Å². The normalized spacial score (nSPS) is 16.7. The van der Waals surface area contributed by atoms with Crippen LogP contribution >= 0.6 is 11.6 Å². The molecule has 0 spiro atoms. The minimum Gasteiger partial charge on any atom is -0.492 e. The minimum atomic E-state index is -0.421. The number of rotatable bonds is 5. The van der Waals surface area contributed by atoms with E-state index in [4.69, 9.17) is 16.3 Å². The van der Waals surface area contributed by atoms with Crippen molar-refractivity contribution >= 4 is 34.8 Å². The summed E-state index contributed by atoms with van der Waals surface area (Å²) in [7, 11) is 0. The molecule has 1 atom stereocenters. The van der Waals surface area contributed by atoms with Crippen molar-refractivity contribution in [3.63, 3.8) is 0 Å². The Kier molecular flexibility index (Phi) is 5.47. The third-order valence-electron chi connectivity index (χ3n) is 4.40. The molecule has 1 N–H and O–H groups in total. The summed E-state index contributed by atoms with van der Waals surface area (Å²) in [5.41, 5.74) is 2.32. The average Bonchev–Trinajstić information content (AvgIpc) is 3.01. The van der Waals surface area contributed by atoms with E-state index >= 15 is 0 Å². The molecule has 0 aromatic heterocycles. The first-order valence-electron chi connectivity index (χ1n) is 8.58. The fraction of sp³-hybridized carbons (Fsp3) is 0.300. The van der Waals surface area contributed by atoms with Gasteiger partial charge in [0.05, 0.1) is 18.2 Å². The summed E-state index contributed by atoms with van der Waals surface area (Å²) in [4.78, 5) is 26.8. The third kappa shape index (κ3) is 3.83. The van der Waals surface area contributed by atoms with Crippen LogP contribution in [0.1, 0.15) is 18.9 Å². The van der Waals surface area contributed by atoms with Gasteiger partial charge in [-0.25, -0.2) is 0 Å². The summed E-state index contributed by atoms with van der Waals surface area (Å²) < 4.78 is 5.53. The number of hydrogen-bond acceptors (Lipinski definition) is 3. The molecular weight excluding hydrogens is 352 g/mol. The first-order chi connectivity index (χ1) is 12.5. The van der Waals surface area contributed by atoms with Gasteiger partial charge in [-0.15, -0.1) is 0 Å². The molecule has 0 radical (unpaired) electrons. The zero-order valence-electron chi connectivity index (χ0n) is 14.8. The van der Waals surface area contributed by atoms with Crippen LogP contribution in [0.5, 0.6) is 5.75 Å². The molecule has 3 rings (SSSR count). The molecule has 1 saturated heterocycles. The van der Waals surface area contributed by atoms with Crippen LogP contribution in [-0.2, 0) is 9.59 Å². The topological polar surface area (TPSA) is 58.6 Å². The van der Waals surface area contributed by atoms with Gasteiger partial charge < -0.3 is 15.0 Å². The summed E-state index contributed by atoms with van der Waals surface area (Å²) in [5, 5.41) is 3.45. The van der Waals surface area contributed by atoms with Crippen LogP contribution in [0.3, 0.4) is 0 Å². The lowest BCUT2D eigenvalue weighted by Crippen LogP contribution is -2.28. The molecule has 0 bridgehead atoms. The van der Waals surface area contributed by atoms with Gasteiger partial charge in [0.25, 0.3) is 0 Å². The van der Waals surface area contributed by atoms with Gasteiger partial charge in [-0.1, -0.05) is 29.8 Å². The van der Waals surface area contributed by atoms with E-state index in [1.807, 2.05) is 32.0 Å². The van der Waals surface area contributed by atoms with Crippen LogP contribution < -0.4 is 15.0 Å². The maximum atomic E-state index is 12.7. The molecule has 1 unspecified atom stereocenters. The summed E-state index contributed by atoms with van der Waals surface area (Å²) in [5.74, 6) is -0.0629. The summed E-state index contributed by atoms with van der Waals surface area (Å²) in [6.45, 7) is 4.66. The second-order valence-electron chi connectivity index (χ2n) is 6.25. The molecular formula is C20H21ClN2O3. The fourth-order valence-corrected chi connectivity index (χ4v) is 3.24. The number of aryl methyl sites for hydroxylation is 1. The van der Waals surface area contributed by atoms with E-state index in [0.717, 1.165) is 11.3 Å². The number of carbonyl (C=O) groups excluding carboxylic acids is 2. The van der Waals surface area contributed by atoms with Crippen molar-refractivity contribution < 1.29 is 14.3 Å². The summed E-state index contributed by atoms with van der Waals surface area (Å²) in [6.07, 6.45) is 0.175. The van der Waals surface area contributed by atoms with Crippen LogP contribution in [0.15, 0.2) is 42.5 Å². The van der Waals surface area contributed by atoms with Gasteiger partial charge in [0, 0.05) is 23.7 Å². The largest absolute Gasteiger partial charge is 0.492 e. The van der Waals surface area contributed by atoms with Crippen molar-refractivity contribution in [2.45, 2.75) is 20.3 Å². The first kappa shape index (κ1) is 18.3. The van der Waals surface area contributed by atoms with Gasteiger partial charge in [0.2, 0.25) is 11.8 Å². The second-order valence-corrected chi connectivity index (χ2v) is 6.69. The van der Waals surface area contributed by atoms with E-state index in [1.165, 1.54) is 0 Å². The lowest BCUT2D eigenvalue weighted by atomic mass is 10.1. The summed E-state index contributed by atoms with van der Waals surface area (Å²) in [6, 6.07) is 12.7. The molecule has 6 heteroatoms. The predicted molar refractivity (Wildman–Crippen MR) is 103 cm³/mol. The van der Waals surface area contributed by atoms with Crippen LogP contribution in [0.25, 0.3) is 0 Å². The number of nitrogens with one attached hydrogen (secondary N) is 1. The Morgan fingerprint density at radius 2 is 2.08 bits per heavy atom. The molecule has 5 nitrogen and oxygen atoms in total. The van der Waals surface area contributed by atoms with Crippen molar-refractivity contribution in [2.24, 2.45) is 5.92 Å². The van der Waals surface area contributed by atoms with Gasteiger partial charge in [-0.05, 0) is 43.7 Å². The second kappa shape index (κ2) is 7.79. The van der Waals surface area contributed by atoms with Crippen molar-refractivity contribution in [2.75, 3.05) is 23.4 Å². The molecule has 26 heavy (non-hydrogen) atoms. The molecule has 2 amide bonds. The van der Waals surface area contributed by atoms with Crippen LogP contribution in [0.4, 0.5) is 11.4 Å². The van der Waals surface area contributed by atoms with Gasteiger partial charge in [0.15, 0.2) is 0 Å². The molecule has 2 aromatic carbocycles. The van der Waals surface area contributed by atoms with Crippen molar-refractivity contribution in [3.8, 4) is 5.75 Å². The Labute approximate surface area is 157 Å². The van der Waals surface area contributed by atoms with E-state index in [1.54, 1.807) is 29.2 Å². The Morgan fingerprint density at radius 1 is 1.31 bits per heavy atom. The van der Waals surface area contributed by atoms with Gasteiger partial charge in [-0.2, -0.15) is 0 Å². The maximum absolute atomic E-state index is 12.7. The monoisotopic (exact) mass is 372 g/mol. The lowest BCUT2D eigenvalue weighted by Gasteiger charge is -2.19. The number of carbonyl (C=O) groups is 2. The van der Waals surface area contributed by atoms with Crippen LogP contribution in [-0.4, -0.2) is 25.0 Å². The zero-order chi connectivity index (χ0) is 18.7. The van der Waals surface area contributed by atoms with Crippen molar-refractivity contribution in [1.82, 2.24) is 0 Å². The highest BCUT2D eigenvalue weighted by Crippen LogP contribution is 2.31. The third-order valence-corrected chi connectivity index (χ3v) is 4.64. The molecule has 1 aliphatic heterocycles. The number of ether oxygens (including phenoxy) is 1. The Bertz CT molecular complexity index is 838. The lowest BCUT2D eigenvalue weighted by molar-refractivity contribution is -0.122. The molecule has 1 fully saturated rings. The Morgan fingerprint density at radius 3 is 2.85 bits per heavy atom. The number of halogens is 1. The quantitative estimate of drug-likeness (QED) is 0.861. The highest BCUT2D eigenvalue weighted by atomic mass is 35.5. The standard InChI is InChI=1S/C20H21ClN2O3/c1-3-26-18-7-5-4-6-16(18)22-20(25)14-10-19(24)23(12-14)17-11-15(21)9-8-13(17)2/h4-9,11,14H,3,10,12H2,1-2H3,(H,22,25). The highest BCUT2D eigenvalue weighted by Gasteiger charge is 2.36. The first-order valence-corrected chi connectivity index (χ1v) is 8.96. The summed E-state index contributed by atoms with van der Waals surface area (Å²) >= 11 is 6.07. The number of para-hydroxylation sites is 2. The average molecular weight is 373 g/mol. The van der Waals surface area contributed by atoms with Crippen molar-refractivity contribution in [3.05, 3.63) is 53.1 Å². The molecule has 1 aliphatic rings. The molecule has 136 valence electrons. The molecule has 2 aromatic rings. The minimum absolute atomic E-state index is 0.0754. The number of hydrogen-bond donors (Lipinski definition) is 1. The fourth-order valence-electron chi connectivity index (χ4n) is 3.08. The van der Waals surface area contributed by atoms with E-state index in [0.29, 0.717) is 29.6 Å². The van der Waals surface area contributed by atoms with E-state index in [9.17, 15) is 9.59 Å². The van der Waals surface area contributed by atoms with Gasteiger partial charge in [-0.3, -0.25) is 9.59 Å². The maximum Gasteiger partial charge on any atom is 0.229 e. The Hall–Kier alpha value is -2.53. The molecule has 1 heterocycles. The number of amides is 2. The SMILES string of the molecule is CCOc1ccccc1NC(=O)C1CC(=O)N(c2cc(Cl)ccc2C)C1. The van der Waals surface area contributed by atoms with Gasteiger partial charge >= 0.3 is 0 Å². The zero-order valence-corrected chi connectivity index (χ0v) is 15.5. The molecule has 0 aliphatic carbocycles. The van der Waals surface area contributed by atoms with Crippen LogP contribution in [0, 0.1) is 12.8 Å². The predicted octanol–water partition coefficient (Wildman–Crippen LogP) is 4.04. The van der Waals surface area contributed by atoms with E-state index in [2.05, 4.69) is 5.32 Å². The highest BCUT2D eigenvalue weighted by molar-refractivity contribution is 6.31. The van der Waals surface area contributed by atoms with Crippen molar-refractivity contribution in [1.29, 1.82) is 0 Å². The number of anilines is 2. The number of benzene rings is 2. The van der Waals surface area contributed by atoms with E-state index < -0.39 is 5.92 Å². The van der Waals surface area contributed by atoms with Crippen LogP contribution in [0.2, 0.25) is 5.02 Å².